The average Bonchev–Trinajstić information content (AvgIpc) is 2.93. The van der Waals surface area contributed by atoms with Crippen molar-refractivity contribution in [1.82, 2.24) is 4.90 Å². The molecule has 0 atom stereocenters. The van der Waals surface area contributed by atoms with Crippen LogP contribution < -0.4 is 0 Å². The summed E-state index contributed by atoms with van der Waals surface area (Å²) in [6.07, 6.45) is 39.0. The fraction of sp³-hybridized carbons (Fsp3) is 1.00. The molecule has 3 aliphatic rings. The molecule has 0 aromatic rings. The monoisotopic (exact) mass is 417 g/mol. The smallest absolute Gasteiger partial charge is 0.0101 e. The quantitative estimate of drug-likeness (QED) is 0.413. The fourth-order valence-corrected chi connectivity index (χ4v) is 6.98. The molecule has 1 heteroatoms. The number of rotatable bonds is 3. The summed E-state index contributed by atoms with van der Waals surface area (Å²) in [6.45, 7) is 0. The van der Waals surface area contributed by atoms with Gasteiger partial charge in [0.05, 0.1) is 0 Å². The van der Waals surface area contributed by atoms with Crippen molar-refractivity contribution < 1.29 is 0 Å². The maximum atomic E-state index is 3.23. The van der Waals surface area contributed by atoms with Crippen LogP contribution in [0.3, 0.4) is 0 Å². The van der Waals surface area contributed by atoms with E-state index in [9.17, 15) is 0 Å². The Labute approximate surface area is 190 Å². The zero-order chi connectivity index (χ0) is 20.7. The molecule has 0 N–H and O–H groups in total. The summed E-state index contributed by atoms with van der Waals surface area (Å²) in [4.78, 5) is 3.23. The Bertz CT molecular complexity index is 373. The molecule has 176 valence electrons. The lowest BCUT2D eigenvalue weighted by molar-refractivity contribution is 0.0450. The fourth-order valence-electron chi connectivity index (χ4n) is 6.98. The maximum absolute atomic E-state index is 3.23. The maximum Gasteiger partial charge on any atom is 0.0101 e. The van der Waals surface area contributed by atoms with Crippen LogP contribution in [-0.4, -0.2) is 23.0 Å². The highest BCUT2D eigenvalue weighted by Gasteiger charge is 2.32. The van der Waals surface area contributed by atoms with Gasteiger partial charge in [-0.15, -0.1) is 0 Å². The molecule has 0 saturated heterocycles. The second-order valence-electron chi connectivity index (χ2n) is 11.2. The normalized spacial score (nSPS) is 27.1. The first-order chi connectivity index (χ1) is 14.9. The highest BCUT2D eigenvalue weighted by molar-refractivity contribution is 4.87. The van der Waals surface area contributed by atoms with Gasteiger partial charge < -0.3 is 0 Å². The van der Waals surface area contributed by atoms with Gasteiger partial charge in [0.2, 0.25) is 0 Å². The second kappa shape index (κ2) is 15.7. The summed E-state index contributed by atoms with van der Waals surface area (Å²) in [5.74, 6) is 0. The van der Waals surface area contributed by atoms with Crippen LogP contribution in [0.2, 0.25) is 0 Å². The lowest BCUT2D eigenvalue weighted by Gasteiger charge is -2.44. The van der Waals surface area contributed by atoms with Crippen molar-refractivity contribution in [2.24, 2.45) is 0 Å². The van der Waals surface area contributed by atoms with Gasteiger partial charge in [0.25, 0.3) is 0 Å². The molecule has 0 bridgehead atoms. The van der Waals surface area contributed by atoms with Crippen LogP contribution in [0.5, 0.6) is 0 Å². The first-order valence-electron chi connectivity index (χ1n) is 14.7. The molecule has 0 aliphatic heterocycles. The minimum absolute atomic E-state index is 0.902. The molecule has 3 rings (SSSR count). The predicted octanol–water partition coefficient (Wildman–Crippen LogP) is 9.58. The Balaban J connectivity index is 1.71. The first-order valence-corrected chi connectivity index (χ1v) is 14.7. The van der Waals surface area contributed by atoms with Crippen molar-refractivity contribution in [2.75, 3.05) is 0 Å². The topological polar surface area (TPSA) is 3.24 Å². The van der Waals surface area contributed by atoms with Crippen LogP contribution in [0.4, 0.5) is 0 Å². The van der Waals surface area contributed by atoms with E-state index in [0.29, 0.717) is 0 Å². The summed E-state index contributed by atoms with van der Waals surface area (Å²) >= 11 is 0. The minimum Gasteiger partial charge on any atom is -0.294 e. The number of hydrogen-bond donors (Lipinski definition) is 0. The van der Waals surface area contributed by atoms with Gasteiger partial charge in [0, 0.05) is 18.1 Å². The summed E-state index contributed by atoms with van der Waals surface area (Å²) < 4.78 is 0. The molecular weight excluding hydrogens is 362 g/mol. The van der Waals surface area contributed by atoms with Crippen LogP contribution in [0.1, 0.15) is 167 Å². The standard InChI is InChI=1S/C29H55N/c1-2-4-6-10-16-22-27(21-15-9-5-3-1)30(29-25-19-13-14-20-26-29)28-23-17-11-7-8-12-18-24-28/h27-29H,1-26H2. The third kappa shape index (κ3) is 9.22. The van der Waals surface area contributed by atoms with E-state index in [1.54, 1.807) is 0 Å². The van der Waals surface area contributed by atoms with Gasteiger partial charge in [-0.2, -0.15) is 0 Å². The molecule has 0 aromatic heterocycles. The summed E-state index contributed by atoms with van der Waals surface area (Å²) in [5, 5.41) is 0. The van der Waals surface area contributed by atoms with Crippen molar-refractivity contribution >= 4 is 0 Å². The molecule has 3 fully saturated rings. The van der Waals surface area contributed by atoms with E-state index in [1.807, 2.05) is 0 Å². The van der Waals surface area contributed by atoms with E-state index in [4.69, 9.17) is 0 Å². The Morgan fingerprint density at radius 1 is 0.233 bits per heavy atom. The Hall–Kier alpha value is -0.0400. The van der Waals surface area contributed by atoms with E-state index in [0.717, 1.165) is 18.1 Å². The minimum atomic E-state index is 0.902. The first kappa shape index (κ1) is 24.6. The lowest BCUT2D eigenvalue weighted by atomic mass is 9.91. The summed E-state index contributed by atoms with van der Waals surface area (Å²) in [7, 11) is 0. The SMILES string of the molecule is C1CCCCCCC(N(C2CCCCCCCC2)C2CCCCCC2)CCCCC1. The van der Waals surface area contributed by atoms with E-state index in [1.165, 1.54) is 167 Å². The highest BCUT2D eigenvalue weighted by atomic mass is 15.2. The molecule has 0 heterocycles. The summed E-state index contributed by atoms with van der Waals surface area (Å²) in [5.41, 5.74) is 0. The Kier molecular flexibility index (Phi) is 12.9. The van der Waals surface area contributed by atoms with Gasteiger partial charge >= 0.3 is 0 Å². The lowest BCUT2D eigenvalue weighted by Crippen LogP contribution is -2.49. The van der Waals surface area contributed by atoms with Crippen molar-refractivity contribution in [3.05, 3.63) is 0 Å². The highest BCUT2D eigenvalue weighted by Crippen LogP contribution is 2.33. The predicted molar refractivity (Wildman–Crippen MR) is 133 cm³/mol. The Morgan fingerprint density at radius 3 is 0.600 bits per heavy atom. The van der Waals surface area contributed by atoms with Gasteiger partial charge in [-0.1, -0.05) is 128 Å². The molecule has 0 aromatic carbocycles. The zero-order valence-electron chi connectivity index (χ0n) is 20.6. The molecule has 1 nitrogen and oxygen atoms in total. The molecule has 0 unspecified atom stereocenters. The average molecular weight is 418 g/mol. The van der Waals surface area contributed by atoms with E-state index >= 15 is 0 Å². The molecule has 0 radical (unpaired) electrons. The summed E-state index contributed by atoms with van der Waals surface area (Å²) in [6, 6.07) is 2.73. The van der Waals surface area contributed by atoms with Gasteiger partial charge in [0.1, 0.15) is 0 Å². The number of hydrogen-bond acceptors (Lipinski definition) is 1. The van der Waals surface area contributed by atoms with Gasteiger partial charge in [-0.3, -0.25) is 4.90 Å². The van der Waals surface area contributed by atoms with Crippen molar-refractivity contribution in [3.63, 3.8) is 0 Å². The molecular formula is C29H55N. The molecule has 0 spiro atoms. The molecule has 30 heavy (non-hydrogen) atoms. The van der Waals surface area contributed by atoms with E-state index in [2.05, 4.69) is 4.90 Å². The molecule has 0 amide bonds. The van der Waals surface area contributed by atoms with Crippen LogP contribution in [0.25, 0.3) is 0 Å². The van der Waals surface area contributed by atoms with Gasteiger partial charge in [-0.25, -0.2) is 0 Å². The van der Waals surface area contributed by atoms with Gasteiger partial charge in [0.15, 0.2) is 0 Å². The number of nitrogens with zero attached hydrogens (tertiary/aromatic N) is 1. The van der Waals surface area contributed by atoms with Crippen LogP contribution >= 0.6 is 0 Å². The van der Waals surface area contributed by atoms with Gasteiger partial charge in [-0.05, 0) is 38.5 Å². The third-order valence-electron chi connectivity index (χ3n) is 8.74. The van der Waals surface area contributed by atoms with Crippen molar-refractivity contribution in [2.45, 2.75) is 185 Å². The van der Waals surface area contributed by atoms with Crippen LogP contribution in [0, 0.1) is 0 Å². The molecule has 3 aliphatic carbocycles. The van der Waals surface area contributed by atoms with Crippen LogP contribution in [0.15, 0.2) is 0 Å². The van der Waals surface area contributed by atoms with E-state index < -0.39 is 0 Å². The molecule has 3 saturated carbocycles. The second-order valence-corrected chi connectivity index (χ2v) is 11.2. The third-order valence-corrected chi connectivity index (χ3v) is 8.74. The zero-order valence-corrected chi connectivity index (χ0v) is 20.6. The van der Waals surface area contributed by atoms with Crippen LogP contribution in [-0.2, 0) is 0 Å². The Morgan fingerprint density at radius 2 is 0.400 bits per heavy atom. The largest absolute Gasteiger partial charge is 0.294 e. The van der Waals surface area contributed by atoms with E-state index in [-0.39, 0.29) is 0 Å². The van der Waals surface area contributed by atoms with Crippen molar-refractivity contribution in [3.8, 4) is 0 Å². The van der Waals surface area contributed by atoms with Crippen molar-refractivity contribution in [1.29, 1.82) is 0 Å².